The molecule has 2 amide bonds. The molecule has 1 aliphatic carbocycles. The summed E-state index contributed by atoms with van der Waals surface area (Å²) in [4.78, 5) is 31.4. The van der Waals surface area contributed by atoms with E-state index in [4.69, 9.17) is 0 Å². The number of rotatable bonds is 3. The van der Waals surface area contributed by atoms with Gasteiger partial charge < -0.3 is 10.2 Å². The summed E-state index contributed by atoms with van der Waals surface area (Å²) in [6, 6.07) is 0. The van der Waals surface area contributed by atoms with Crippen molar-refractivity contribution in [3.63, 3.8) is 0 Å². The van der Waals surface area contributed by atoms with Gasteiger partial charge in [-0.3, -0.25) is 9.59 Å². The molecule has 0 unspecified atom stereocenters. The minimum atomic E-state index is 0.0606. The van der Waals surface area contributed by atoms with Crippen molar-refractivity contribution in [2.75, 3.05) is 18.4 Å². The van der Waals surface area contributed by atoms with E-state index in [1.807, 2.05) is 4.90 Å². The Morgan fingerprint density at radius 2 is 2.04 bits per heavy atom. The number of fused-ring (bicyclic) bond motifs is 1. The summed E-state index contributed by atoms with van der Waals surface area (Å²) in [5.41, 5.74) is 1.18. The van der Waals surface area contributed by atoms with Crippen molar-refractivity contribution in [3.05, 3.63) is 10.6 Å². The number of anilines is 1. The standard InChI is InChI=1S/C17H25N3O2S/c1-11-3-4-14-15(9-11)23-17(18-14)19-16(22)10-13-5-7-20(8-6-13)12(2)21/h11,13H,3-10H2,1-2H3,(H,18,19,22)/t11-/m0/s1. The molecule has 1 atom stereocenters. The van der Waals surface area contributed by atoms with Gasteiger partial charge in [-0.2, -0.15) is 0 Å². The van der Waals surface area contributed by atoms with E-state index in [9.17, 15) is 9.59 Å². The van der Waals surface area contributed by atoms with E-state index in [2.05, 4.69) is 17.2 Å². The van der Waals surface area contributed by atoms with Crippen molar-refractivity contribution in [1.82, 2.24) is 9.88 Å². The molecule has 23 heavy (non-hydrogen) atoms. The van der Waals surface area contributed by atoms with Gasteiger partial charge in [0.05, 0.1) is 5.69 Å². The van der Waals surface area contributed by atoms with Crippen LogP contribution in [-0.2, 0) is 22.4 Å². The molecule has 5 nitrogen and oxygen atoms in total. The fourth-order valence-corrected chi connectivity index (χ4v) is 4.67. The van der Waals surface area contributed by atoms with Gasteiger partial charge in [0.25, 0.3) is 0 Å². The fourth-order valence-electron chi connectivity index (χ4n) is 3.48. The van der Waals surface area contributed by atoms with E-state index in [1.165, 1.54) is 17.0 Å². The highest BCUT2D eigenvalue weighted by molar-refractivity contribution is 7.15. The molecular weight excluding hydrogens is 310 g/mol. The van der Waals surface area contributed by atoms with Crippen molar-refractivity contribution >= 4 is 28.3 Å². The van der Waals surface area contributed by atoms with E-state index >= 15 is 0 Å². The number of hydrogen-bond donors (Lipinski definition) is 1. The molecule has 0 bridgehead atoms. The molecule has 1 aromatic heterocycles. The summed E-state index contributed by atoms with van der Waals surface area (Å²) < 4.78 is 0. The van der Waals surface area contributed by atoms with E-state index in [-0.39, 0.29) is 11.8 Å². The number of nitrogens with zero attached hydrogens (tertiary/aromatic N) is 2. The zero-order valence-corrected chi connectivity index (χ0v) is 14.7. The lowest BCUT2D eigenvalue weighted by Crippen LogP contribution is -2.37. The highest BCUT2D eigenvalue weighted by Gasteiger charge is 2.24. The number of likely N-dealkylation sites (tertiary alicyclic amines) is 1. The minimum absolute atomic E-state index is 0.0606. The van der Waals surface area contributed by atoms with Crippen molar-refractivity contribution < 1.29 is 9.59 Å². The summed E-state index contributed by atoms with van der Waals surface area (Å²) in [6.45, 7) is 5.43. The lowest BCUT2D eigenvalue weighted by atomic mass is 9.93. The Kier molecular flexibility index (Phi) is 4.99. The van der Waals surface area contributed by atoms with Gasteiger partial charge in [-0.15, -0.1) is 11.3 Å². The van der Waals surface area contributed by atoms with E-state index < -0.39 is 0 Å². The third kappa shape index (κ3) is 4.10. The first kappa shape index (κ1) is 16.4. The molecule has 1 N–H and O–H groups in total. The van der Waals surface area contributed by atoms with Crippen LogP contribution in [0.1, 0.15) is 50.1 Å². The molecule has 126 valence electrons. The molecule has 6 heteroatoms. The van der Waals surface area contributed by atoms with Gasteiger partial charge in [-0.05, 0) is 43.9 Å². The summed E-state index contributed by atoms with van der Waals surface area (Å²) in [5.74, 6) is 1.29. The number of aromatic nitrogens is 1. The van der Waals surface area contributed by atoms with Crippen LogP contribution >= 0.6 is 11.3 Å². The molecule has 0 spiro atoms. The molecule has 0 radical (unpaired) electrons. The lowest BCUT2D eigenvalue weighted by molar-refractivity contribution is -0.130. The van der Waals surface area contributed by atoms with Gasteiger partial charge in [-0.25, -0.2) is 4.98 Å². The maximum absolute atomic E-state index is 12.2. The van der Waals surface area contributed by atoms with Crippen molar-refractivity contribution in [3.8, 4) is 0 Å². The van der Waals surface area contributed by atoms with Gasteiger partial charge in [0.2, 0.25) is 11.8 Å². The molecular formula is C17H25N3O2S. The molecule has 2 heterocycles. The first-order valence-electron chi connectivity index (χ1n) is 8.55. The van der Waals surface area contributed by atoms with Gasteiger partial charge in [0, 0.05) is 31.3 Å². The van der Waals surface area contributed by atoms with Crippen LogP contribution in [0.4, 0.5) is 5.13 Å². The zero-order valence-electron chi connectivity index (χ0n) is 13.9. The summed E-state index contributed by atoms with van der Waals surface area (Å²) >= 11 is 1.64. The largest absolute Gasteiger partial charge is 0.343 e. The molecule has 1 fully saturated rings. The molecule has 0 saturated carbocycles. The van der Waals surface area contributed by atoms with Crippen LogP contribution in [0.5, 0.6) is 0 Å². The quantitative estimate of drug-likeness (QED) is 0.924. The second-order valence-electron chi connectivity index (χ2n) is 6.94. The Labute approximate surface area is 141 Å². The number of thiazole rings is 1. The van der Waals surface area contributed by atoms with E-state index in [0.717, 1.165) is 49.8 Å². The van der Waals surface area contributed by atoms with Crippen LogP contribution in [-0.4, -0.2) is 34.8 Å². The van der Waals surface area contributed by atoms with Gasteiger partial charge in [0.1, 0.15) is 0 Å². The van der Waals surface area contributed by atoms with Crippen LogP contribution in [0.25, 0.3) is 0 Å². The Balaban J connectivity index is 1.49. The number of piperidine rings is 1. The topological polar surface area (TPSA) is 62.3 Å². The highest BCUT2D eigenvalue weighted by Crippen LogP contribution is 2.32. The van der Waals surface area contributed by atoms with Gasteiger partial charge in [0.15, 0.2) is 5.13 Å². The number of nitrogens with one attached hydrogen (secondary N) is 1. The molecule has 0 aromatic carbocycles. The zero-order chi connectivity index (χ0) is 16.4. The number of amides is 2. The smallest absolute Gasteiger partial charge is 0.226 e. The second kappa shape index (κ2) is 6.99. The first-order chi connectivity index (χ1) is 11.0. The Morgan fingerprint density at radius 1 is 1.30 bits per heavy atom. The number of aryl methyl sites for hydroxylation is 1. The molecule has 1 aromatic rings. The van der Waals surface area contributed by atoms with E-state index in [0.29, 0.717) is 12.3 Å². The monoisotopic (exact) mass is 335 g/mol. The Hall–Kier alpha value is -1.43. The average molecular weight is 335 g/mol. The van der Waals surface area contributed by atoms with Crippen LogP contribution in [0.15, 0.2) is 0 Å². The normalized spacial score (nSPS) is 21.8. The van der Waals surface area contributed by atoms with Gasteiger partial charge in [-0.1, -0.05) is 6.92 Å². The number of carbonyl (C=O) groups is 2. The third-order valence-electron chi connectivity index (χ3n) is 4.97. The average Bonchev–Trinajstić information content (AvgIpc) is 2.88. The summed E-state index contributed by atoms with van der Waals surface area (Å²) in [7, 11) is 0. The maximum atomic E-state index is 12.2. The predicted octanol–water partition coefficient (Wildman–Crippen LogP) is 2.86. The first-order valence-corrected chi connectivity index (χ1v) is 9.37. The molecule has 1 aliphatic heterocycles. The van der Waals surface area contributed by atoms with Gasteiger partial charge >= 0.3 is 0 Å². The van der Waals surface area contributed by atoms with Crippen molar-refractivity contribution in [2.24, 2.45) is 11.8 Å². The summed E-state index contributed by atoms with van der Waals surface area (Å²) in [6.07, 6.45) is 5.68. The van der Waals surface area contributed by atoms with Crippen molar-refractivity contribution in [1.29, 1.82) is 0 Å². The number of hydrogen-bond acceptors (Lipinski definition) is 4. The van der Waals surface area contributed by atoms with Crippen LogP contribution in [0.2, 0.25) is 0 Å². The fraction of sp³-hybridized carbons (Fsp3) is 0.706. The molecule has 3 rings (SSSR count). The lowest BCUT2D eigenvalue weighted by Gasteiger charge is -2.30. The third-order valence-corrected chi connectivity index (χ3v) is 6.00. The SMILES string of the molecule is CC(=O)N1CCC(CC(=O)Nc2nc3c(s2)C[C@@H](C)CC3)CC1. The molecule has 1 saturated heterocycles. The Morgan fingerprint density at radius 3 is 2.74 bits per heavy atom. The van der Waals surface area contributed by atoms with Crippen LogP contribution in [0, 0.1) is 11.8 Å². The molecule has 2 aliphatic rings. The Bertz CT molecular complexity index is 591. The summed E-state index contributed by atoms with van der Waals surface area (Å²) in [5, 5.41) is 3.74. The second-order valence-corrected chi connectivity index (χ2v) is 8.02. The van der Waals surface area contributed by atoms with Crippen molar-refractivity contribution in [2.45, 2.75) is 52.4 Å². The van der Waals surface area contributed by atoms with Crippen LogP contribution < -0.4 is 5.32 Å². The predicted molar refractivity (Wildman–Crippen MR) is 91.5 cm³/mol. The minimum Gasteiger partial charge on any atom is -0.343 e. The van der Waals surface area contributed by atoms with E-state index in [1.54, 1.807) is 18.3 Å². The maximum Gasteiger partial charge on any atom is 0.226 e. The number of carbonyl (C=O) groups excluding carboxylic acids is 2. The van der Waals surface area contributed by atoms with Crippen LogP contribution in [0.3, 0.4) is 0 Å². The highest BCUT2D eigenvalue weighted by atomic mass is 32.1.